The van der Waals surface area contributed by atoms with Crippen LogP contribution in [0.5, 0.6) is 0 Å². The number of carbonyl (C=O) groups is 1. The second-order valence-electron chi connectivity index (χ2n) is 3.00. The Morgan fingerprint density at radius 1 is 1.75 bits per heavy atom. The molecule has 0 saturated heterocycles. The third-order valence-corrected chi connectivity index (χ3v) is 1.94. The van der Waals surface area contributed by atoms with Crippen molar-refractivity contribution in [2.24, 2.45) is 5.73 Å². The summed E-state index contributed by atoms with van der Waals surface area (Å²) in [5.74, 6) is -0.755. The molecule has 0 amide bonds. The van der Waals surface area contributed by atoms with Crippen LogP contribution in [0.4, 0.5) is 0 Å². The third-order valence-electron chi connectivity index (χ3n) is 1.94. The highest BCUT2D eigenvalue weighted by atomic mass is 16.4. The molecule has 12 heavy (non-hydrogen) atoms. The smallest absolute Gasteiger partial charge is 0.357 e. The summed E-state index contributed by atoms with van der Waals surface area (Å²) in [6.07, 6.45) is 2.74. The van der Waals surface area contributed by atoms with E-state index in [9.17, 15) is 4.79 Å². The van der Waals surface area contributed by atoms with Crippen molar-refractivity contribution in [1.29, 1.82) is 0 Å². The molecule has 64 valence electrons. The van der Waals surface area contributed by atoms with Crippen LogP contribution in [0, 0.1) is 0 Å². The van der Waals surface area contributed by atoms with Gasteiger partial charge < -0.3 is 15.3 Å². The second kappa shape index (κ2) is 2.07. The Hall–Kier alpha value is -1.36. The van der Waals surface area contributed by atoms with Crippen molar-refractivity contribution in [3.63, 3.8) is 0 Å². The van der Waals surface area contributed by atoms with Crippen molar-refractivity contribution in [3.8, 4) is 0 Å². The molecular formula is C7H8N2O3. The molecule has 1 saturated carbocycles. The van der Waals surface area contributed by atoms with Crippen LogP contribution in [-0.2, 0) is 5.54 Å². The first-order chi connectivity index (χ1) is 5.62. The predicted octanol–water partition coefficient (Wildman–Crippen LogP) is 0.321. The number of oxazole rings is 1. The Kier molecular flexibility index (Phi) is 1.26. The first kappa shape index (κ1) is 7.30. The van der Waals surface area contributed by atoms with E-state index in [0.717, 1.165) is 19.1 Å². The summed E-state index contributed by atoms with van der Waals surface area (Å²) in [6.45, 7) is 0. The first-order valence-electron chi connectivity index (χ1n) is 3.60. The Morgan fingerprint density at radius 3 is 2.83 bits per heavy atom. The van der Waals surface area contributed by atoms with E-state index in [0.29, 0.717) is 5.89 Å². The lowest BCUT2D eigenvalue weighted by Gasteiger charge is -1.98. The Bertz CT molecular complexity index is 327. The summed E-state index contributed by atoms with van der Waals surface area (Å²) in [7, 11) is 0. The van der Waals surface area contributed by atoms with E-state index in [4.69, 9.17) is 15.3 Å². The van der Waals surface area contributed by atoms with Gasteiger partial charge in [0, 0.05) is 0 Å². The minimum atomic E-state index is -1.09. The number of carboxylic acids is 1. The maximum Gasteiger partial charge on any atom is 0.357 e. The minimum absolute atomic E-state index is 0.0817. The SMILES string of the molecule is NC1(c2nc(C(=O)O)co2)CC1. The minimum Gasteiger partial charge on any atom is -0.476 e. The monoisotopic (exact) mass is 168 g/mol. The average molecular weight is 168 g/mol. The summed E-state index contributed by atoms with van der Waals surface area (Å²) in [6, 6.07) is 0. The van der Waals surface area contributed by atoms with E-state index >= 15 is 0 Å². The molecule has 1 aromatic rings. The maximum absolute atomic E-state index is 10.4. The third kappa shape index (κ3) is 0.984. The topological polar surface area (TPSA) is 89.3 Å². The van der Waals surface area contributed by atoms with Gasteiger partial charge in [0.15, 0.2) is 5.69 Å². The molecule has 0 aromatic carbocycles. The number of nitrogens with zero attached hydrogens (tertiary/aromatic N) is 1. The van der Waals surface area contributed by atoms with Gasteiger partial charge in [0.25, 0.3) is 0 Å². The molecular weight excluding hydrogens is 160 g/mol. The van der Waals surface area contributed by atoms with E-state index in [1.807, 2.05) is 0 Å². The molecule has 1 aromatic heterocycles. The number of rotatable bonds is 2. The van der Waals surface area contributed by atoms with E-state index < -0.39 is 11.5 Å². The van der Waals surface area contributed by atoms with Crippen molar-refractivity contribution in [3.05, 3.63) is 17.8 Å². The van der Waals surface area contributed by atoms with E-state index in [-0.39, 0.29) is 5.69 Å². The van der Waals surface area contributed by atoms with E-state index in [1.54, 1.807) is 0 Å². The maximum atomic E-state index is 10.4. The molecule has 0 radical (unpaired) electrons. The highest BCUT2D eigenvalue weighted by molar-refractivity contribution is 5.84. The first-order valence-corrected chi connectivity index (χ1v) is 3.60. The molecule has 1 heterocycles. The Balaban J connectivity index is 2.30. The zero-order valence-electron chi connectivity index (χ0n) is 6.28. The molecule has 0 unspecified atom stereocenters. The van der Waals surface area contributed by atoms with Crippen LogP contribution in [0.25, 0.3) is 0 Å². The number of aromatic nitrogens is 1. The molecule has 0 spiro atoms. The summed E-state index contributed by atoms with van der Waals surface area (Å²) in [5, 5.41) is 8.52. The largest absolute Gasteiger partial charge is 0.476 e. The van der Waals surface area contributed by atoms with Gasteiger partial charge in [0.1, 0.15) is 6.26 Å². The molecule has 3 N–H and O–H groups in total. The highest BCUT2D eigenvalue weighted by Crippen LogP contribution is 2.41. The number of carboxylic acid groups (broad SMARTS) is 1. The van der Waals surface area contributed by atoms with Crippen LogP contribution in [0.2, 0.25) is 0 Å². The van der Waals surface area contributed by atoms with Gasteiger partial charge >= 0.3 is 5.97 Å². The van der Waals surface area contributed by atoms with E-state index in [1.165, 1.54) is 0 Å². The van der Waals surface area contributed by atoms with Gasteiger partial charge in [-0.3, -0.25) is 0 Å². The van der Waals surface area contributed by atoms with Gasteiger partial charge in [0.2, 0.25) is 5.89 Å². The number of hydrogen-bond donors (Lipinski definition) is 2. The fourth-order valence-corrected chi connectivity index (χ4v) is 0.949. The van der Waals surface area contributed by atoms with Crippen LogP contribution < -0.4 is 5.73 Å². The lowest BCUT2D eigenvalue weighted by molar-refractivity contribution is 0.0690. The molecule has 0 bridgehead atoms. The van der Waals surface area contributed by atoms with Gasteiger partial charge in [-0.05, 0) is 12.8 Å². The fourth-order valence-electron chi connectivity index (χ4n) is 0.949. The molecule has 1 aliphatic carbocycles. The summed E-state index contributed by atoms with van der Waals surface area (Å²) >= 11 is 0. The summed E-state index contributed by atoms with van der Waals surface area (Å²) in [4.78, 5) is 14.2. The zero-order valence-corrected chi connectivity index (χ0v) is 6.28. The quantitative estimate of drug-likeness (QED) is 0.663. The van der Waals surface area contributed by atoms with Gasteiger partial charge in [-0.25, -0.2) is 9.78 Å². The summed E-state index contributed by atoms with van der Waals surface area (Å²) in [5.41, 5.74) is 5.16. The molecule has 2 rings (SSSR count). The number of nitrogens with two attached hydrogens (primary N) is 1. The van der Waals surface area contributed by atoms with Gasteiger partial charge in [-0.1, -0.05) is 0 Å². The van der Waals surface area contributed by atoms with Crippen LogP contribution in [0.1, 0.15) is 29.2 Å². The Labute approximate surface area is 68.2 Å². The van der Waals surface area contributed by atoms with Crippen LogP contribution in [-0.4, -0.2) is 16.1 Å². The average Bonchev–Trinajstić information content (AvgIpc) is 2.61. The van der Waals surface area contributed by atoms with Crippen LogP contribution in [0.3, 0.4) is 0 Å². The Morgan fingerprint density at radius 2 is 2.42 bits per heavy atom. The van der Waals surface area contributed by atoms with Crippen molar-refractivity contribution in [1.82, 2.24) is 4.98 Å². The van der Waals surface area contributed by atoms with Crippen LogP contribution >= 0.6 is 0 Å². The van der Waals surface area contributed by atoms with Gasteiger partial charge in [0.05, 0.1) is 5.54 Å². The molecule has 5 nitrogen and oxygen atoms in total. The molecule has 1 fully saturated rings. The molecule has 0 aliphatic heterocycles. The molecule has 1 aliphatic rings. The number of hydrogen-bond acceptors (Lipinski definition) is 4. The lowest BCUT2D eigenvalue weighted by atomic mass is 10.3. The van der Waals surface area contributed by atoms with Gasteiger partial charge in [-0.15, -0.1) is 0 Å². The normalized spacial score (nSPS) is 19.1. The zero-order chi connectivity index (χ0) is 8.77. The summed E-state index contributed by atoms with van der Waals surface area (Å²) < 4.78 is 4.94. The fraction of sp³-hybridized carbons (Fsp3) is 0.429. The van der Waals surface area contributed by atoms with Gasteiger partial charge in [-0.2, -0.15) is 0 Å². The second-order valence-corrected chi connectivity index (χ2v) is 3.00. The highest BCUT2D eigenvalue weighted by Gasteiger charge is 2.45. The van der Waals surface area contributed by atoms with Crippen molar-refractivity contribution in [2.75, 3.05) is 0 Å². The van der Waals surface area contributed by atoms with Crippen molar-refractivity contribution < 1.29 is 14.3 Å². The molecule has 0 atom stereocenters. The predicted molar refractivity (Wildman–Crippen MR) is 38.6 cm³/mol. The standard InChI is InChI=1S/C7H8N2O3/c8-7(1-2-7)6-9-4(3-12-6)5(10)11/h3H,1-2,8H2,(H,10,11). The molecule has 5 heteroatoms. The lowest BCUT2D eigenvalue weighted by Crippen LogP contribution is -2.19. The van der Waals surface area contributed by atoms with Crippen molar-refractivity contribution >= 4 is 5.97 Å². The van der Waals surface area contributed by atoms with E-state index in [2.05, 4.69) is 4.98 Å². The number of aromatic carboxylic acids is 1. The van der Waals surface area contributed by atoms with Crippen LogP contribution in [0.15, 0.2) is 10.7 Å². The van der Waals surface area contributed by atoms with Crippen molar-refractivity contribution in [2.45, 2.75) is 18.4 Å².